The number of aromatic nitrogens is 2. The second kappa shape index (κ2) is 11.8. The number of piperazine rings is 1. The average Bonchev–Trinajstić information content (AvgIpc) is 3.63. The summed E-state index contributed by atoms with van der Waals surface area (Å²) in [5.74, 6) is 0.802. The number of fused-ring (bicyclic) bond motifs is 3. The lowest BCUT2D eigenvalue weighted by atomic mass is 9.95. The molecule has 0 atom stereocenters. The van der Waals surface area contributed by atoms with E-state index in [1.807, 2.05) is 0 Å². The van der Waals surface area contributed by atoms with Gasteiger partial charge in [0.1, 0.15) is 19.1 Å². The van der Waals surface area contributed by atoms with Crippen molar-refractivity contribution in [2.45, 2.75) is 51.1 Å². The summed E-state index contributed by atoms with van der Waals surface area (Å²) in [5, 5.41) is 2.55. The molecule has 8 nitrogen and oxygen atoms in total. The molecule has 0 radical (unpaired) electrons. The summed E-state index contributed by atoms with van der Waals surface area (Å²) in [5.41, 5.74) is 4.83. The molecule has 43 heavy (non-hydrogen) atoms. The predicted octanol–water partition coefficient (Wildman–Crippen LogP) is 4.68. The van der Waals surface area contributed by atoms with Gasteiger partial charge >= 0.3 is 6.01 Å². The maximum atomic E-state index is 12.6. The summed E-state index contributed by atoms with van der Waals surface area (Å²) in [7, 11) is 0. The van der Waals surface area contributed by atoms with E-state index in [0.717, 1.165) is 37.6 Å². The van der Waals surface area contributed by atoms with Crippen molar-refractivity contribution in [2.75, 3.05) is 68.9 Å². The van der Waals surface area contributed by atoms with Crippen molar-refractivity contribution in [1.82, 2.24) is 19.8 Å². The van der Waals surface area contributed by atoms with Crippen molar-refractivity contribution in [3.05, 3.63) is 65.4 Å². The van der Waals surface area contributed by atoms with Gasteiger partial charge in [-0.1, -0.05) is 30.3 Å². The highest BCUT2D eigenvalue weighted by molar-refractivity contribution is 5.97. The maximum absolute atomic E-state index is 12.6. The molecule has 0 saturated carbocycles. The van der Waals surface area contributed by atoms with Gasteiger partial charge in [0.15, 0.2) is 0 Å². The van der Waals surface area contributed by atoms with E-state index in [-0.39, 0.29) is 11.4 Å². The number of hydrogen-bond donors (Lipinski definition) is 0. The Kier molecular flexibility index (Phi) is 7.67. The predicted molar refractivity (Wildman–Crippen MR) is 168 cm³/mol. The van der Waals surface area contributed by atoms with Gasteiger partial charge in [-0.25, -0.2) is 4.39 Å². The average molecular weight is 585 g/mol. The zero-order valence-corrected chi connectivity index (χ0v) is 25.1. The molecule has 4 aliphatic heterocycles. The highest BCUT2D eigenvalue weighted by Crippen LogP contribution is 2.40. The van der Waals surface area contributed by atoms with E-state index in [1.165, 1.54) is 65.4 Å². The molecule has 3 aromatic rings. The Labute approximate surface area is 253 Å². The molecule has 0 spiro atoms. The first kappa shape index (κ1) is 28.1. The third-order valence-corrected chi connectivity index (χ3v) is 9.98. The van der Waals surface area contributed by atoms with Crippen LogP contribution in [0.25, 0.3) is 10.8 Å². The number of allylic oxidation sites excluding steroid dienone is 1. The van der Waals surface area contributed by atoms with E-state index < -0.39 is 6.67 Å². The standard InChI is InChI=1S/C34H41FN6O2/c1-25-7-2-8-26-9-3-10-29(31(25)26)40-18-12-27-28(23-40)36-33(43-24-34-13-5-16-41(34)17-6-14-34)37-32(27)39-21-19-38(20-22-39)30(42)11-4-15-35/h2-4,7-11H,5-6,12-24H2,1H3/b11-4+. The minimum atomic E-state index is -0.629. The summed E-state index contributed by atoms with van der Waals surface area (Å²) in [6, 6.07) is 13.5. The van der Waals surface area contributed by atoms with Crippen molar-refractivity contribution in [1.29, 1.82) is 0 Å². The van der Waals surface area contributed by atoms with Crippen molar-refractivity contribution < 1.29 is 13.9 Å². The molecule has 0 N–H and O–H groups in total. The lowest BCUT2D eigenvalue weighted by Gasteiger charge is -2.38. The zero-order valence-electron chi connectivity index (χ0n) is 25.1. The van der Waals surface area contributed by atoms with Crippen molar-refractivity contribution in [3.63, 3.8) is 0 Å². The Balaban J connectivity index is 1.18. The molecule has 4 aliphatic rings. The molecular formula is C34H41FN6O2. The maximum Gasteiger partial charge on any atom is 0.318 e. The monoisotopic (exact) mass is 584 g/mol. The Hall–Kier alpha value is -3.72. The Morgan fingerprint density at radius 2 is 1.74 bits per heavy atom. The Bertz CT molecular complexity index is 1520. The summed E-state index contributed by atoms with van der Waals surface area (Å²) in [6.45, 7) is 8.54. The van der Waals surface area contributed by atoms with Crippen molar-refractivity contribution >= 4 is 28.2 Å². The lowest BCUT2D eigenvalue weighted by Crippen LogP contribution is -2.49. The number of alkyl halides is 1. The highest BCUT2D eigenvalue weighted by Gasteiger charge is 2.45. The molecule has 0 aliphatic carbocycles. The van der Waals surface area contributed by atoms with Gasteiger partial charge in [-0.15, -0.1) is 0 Å². The van der Waals surface area contributed by atoms with Crippen molar-refractivity contribution in [3.8, 4) is 6.01 Å². The number of ether oxygens (including phenoxy) is 1. The van der Waals surface area contributed by atoms with Crippen LogP contribution >= 0.6 is 0 Å². The second-order valence-corrected chi connectivity index (χ2v) is 12.5. The molecule has 9 heteroatoms. The van der Waals surface area contributed by atoms with Gasteiger partial charge in [-0.3, -0.25) is 9.69 Å². The van der Waals surface area contributed by atoms with E-state index in [0.29, 0.717) is 45.3 Å². The van der Waals surface area contributed by atoms with Crippen LogP contribution in [0.3, 0.4) is 0 Å². The van der Waals surface area contributed by atoms with Gasteiger partial charge in [0.25, 0.3) is 0 Å². The van der Waals surface area contributed by atoms with Crippen LogP contribution in [0.4, 0.5) is 15.9 Å². The number of aryl methyl sites for hydroxylation is 1. The van der Waals surface area contributed by atoms with E-state index in [9.17, 15) is 9.18 Å². The normalized spacial score (nSPS) is 20.2. The first-order valence-electron chi connectivity index (χ1n) is 15.8. The number of benzene rings is 2. The number of amides is 1. The number of hydrogen-bond acceptors (Lipinski definition) is 7. The first-order chi connectivity index (χ1) is 21.0. The van der Waals surface area contributed by atoms with Crippen LogP contribution in [-0.4, -0.2) is 90.3 Å². The van der Waals surface area contributed by atoms with Gasteiger partial charge in [0.05, 0.1) is 17.8 Å². The summed E-state index contributed by atoms with van der Waals surface area (Å²) in [4.78, 5) is 31.7. The number of carbonyl (C=O) groups excluding carboxylic acids is 1. The summed E-state index contributed by atoms with van der Waals surface area (Å²) in [6.07, 6.45) is 8.25. The Morgan fingerprint density at radius 1 is 0.977 bits per heavy atom. The Morgan fingerprint density at radius 3 is 2.51 bits per heavy atom. The van der Waals surface area contributed by atoms with Gasteiger partial charge in [-0.05, 0) is 75.2 Å². The molecule has 3 saturated heterocycles. The summed E-state index contributed by atoms with van der Waals surface area (Å²) >= 11 is 0. The number of rotatable bonds is 7. The summed E-state index contributed by atoms with van der Waals surface area (Å²) < 4.78 is 19.1. The van der Waals surface area contributed by atoms with Crippen LogP contribution in [0.5, 0.6) is 6.01 Å². The second-order valence-electron chi connectivity index (χ2n) is 12.5. The lowest BCUT2D eigenvalue weighted by molar-refractivity contribution is -0.126. The number of carbonyl (C=O) groups is 1. The first-order valence-corrected chi connectivity index (χ1v) is 15.8. The molecule has 0 bridgehead atoms. The van der Waals surface area contributed by atoms with E-state index in [1.54, 1.807) is 4.90 Å². The molecule has 2 aromatic carbocycles. The van der Waals surface area contributed by atoms with Crippen LogP contribution in [0.15, 0.2) is 48.6 Å². The smallest absolute Gasteiger partial charge is 0.318 e. The van der Waals surface area contributed by atoms with Gasteiger partial charge in [0.2, 0.25) is 5.91 Å². The fourth-order valence-electron chi connectivity index (χ4n) is 7.74. The third-order valence-electron chi connectivity index (χ3n) is 9.98. The molecule has 1 amide bonds. The minimum absolute atomic E-state index is 0.116. The minimum Gasteiger partial charge on any atom is -0.461 e. The van der Waals surface area contributed by atoms with Crippen LogP contribution in [0.1, 0.15) is 42.5 Å². The molecule has 7 rings (SSSR count). The third kappa shape index (κ3) is 5.32. The highest BCUT2D eigenvalue weighted by atomic mass is 19.1. The molecule has 5 heterocycles. The van der Waals surface area contributed by atoms with E-state index in [4.69, 9.17) is 14.7 Å². The van der Waals surface area contributed by atoms with Crippen LogP contribution in [0.2, 0.25) is 0 Å². The van der Waals surface area contributed by atoms with Gasteiger partial charge in [0, 0.05) is 55.4 Å². The largest absolute Gasteiger partial charge is 0.461 e. The van der Waals surface area contributed by atoms with Crippen LogP contribution in [-0.2, 0) is 17.8 Å². The van der Waals surface area contributed by atoms with Gasteiger partial charge < -0.3 is 19.4 Å². The quantitative estimate of drug-likeness (QED) is 0.374. The fourth-order valence-corrected chi connectivity index (χ4v) is 7.74. The SMILES string of the molecule is Cc1cccc2cccc(N3CCc4c(nc(OCC56CCCN5CCC6)nc4N4CCN(C(=O)/C=C/CF)CC4)C3)c12. The number of nitrogens with zero attached hydrogens (tertiary/aromatic N) is 6. The van der Waals surface area contributed by atoms with Gasteiger partial charge in [-0.2, -0.15) is 9.97 Å². The molecule has 0 unspecified atom stereocenters. The molecular weight excluding hydrogens is 543 g/mol. The number of anilines is 2. The van der Waals surface area contributed by atoms with Crippen LogP contribution < -0.4 is 14.5 Å². The molecule has 1 aromatic heterocycles. The fraction of sp³-hybridized carbons (Fsp3) is 0.500. The topological polar surface area (TPSA) is 65.0 Å². The zero-order chi connectivity index (χ0) is 29.4. The van der Waals surface area contributed by atoms with Crippen molar-refractivity contribution in [2.24, 2.45) is 0 Å². The van der Waals surface area contributed by atoms with E-state index >= 15 is 0 Å². The number of halogens is 1. The van der Waals surface area contributed by atoms with E-state index in [2.05, 4.69) is 58.0 Å². The molecule has 3 fully saturated rings. The van der Waals surface area contributed by atoms with Crippen LogP contribution in [0, 0.1) is 6.92 Å². The molecule has 226 valence electrons.